The Kier molecular flexibility index (Phi) is 6.06. The number of rotatable bonds is 6. The number of nitrogens with zero attached hydrogens (tertiary/aromatic N) is 4. The Labute approximate surface area is 214 Å². The summed E-state index contributed by atoms with van der Waals surface area (Å²) in [6.45, 7) is 11.5. The second-order valence-electron chi connectivity index (χ2n) is 11.3. The first-order valence-electron chi connectivity index (χ1n) is 13.4. The lowest BCUT2D eigenvalue weighted by atomic mass is 9.79. The minimum absolute atomic E-state index is 0.0532. The van der Waals surface area contributed by atoms with Crippen molar-refractivity contribution in [2.75, 3.05) is 24.5 Å². The Morgan fingerprint density at radius 1 is 1.08 bits per heavy atom. The topological polar surface area (TPSA) is 64.5 Å². The Morgan fingerprint density at radius 2 is 1.92 bits per heavy atom. The zero-order valence-corrected chi connectivity index (χ0v) is 21.6. The van der Waals surface area contributed by atoms with Crippen LogP contribution in [0, 0.1) is 0 Å². The first-order valence-corrected chi connectivity index (χ1v) is 13.4. The van der Waals surface area contributed by atoms with E-state index in [0.717, 1.165) is 62.6 Å². The van der Waals surface area contributed by atoms with Crippen molar-refractivity contribution in [2.45, 2.75) is 70.2 Å². The summed E-state index contributed by atoms with van der Waals surface area (Å²) in [6.07, 6.45) is 2.99. The number of fused-ring (bicyclic) bond motifs is 3. The second-order valence-corrected chi connectivity index (χ2v) is 11.3. The fourth-order valence-corrected chi connectivity index (χ4v) is 6.73. The highest BCUT2D eigenvalue weighted by Gasteiger charge is 2.50. The fourth-order valence-electron chi connectivity index (χ4n) is 6.73. The molecule has 1 aromatic heterocycles. The van der Waals surface area contributed by atoms with Crippen LogP contribution in [0.25, 0.3) is 0 Å². The molecule has 0 radical (unpaired) electrons. The average Bonchev–Trinajstić information content (AvgIpc) is 3.52. The summed E-state index contributed by atoms with van der Waals surface area (Å²) in [5.41, 5.74) is 7.50. The molecule has 2 N–H and O–H groups in total. The monoisotopic (exact) mass is 483 g/mol. The van der Waals surface area contributed by atoms with Crippen LogP contribution in [-0.2, 0) is 18.5 Å². The van der Waals surface area contributed by atoms with Crippen LogP contribution in [0.5, 0.6) is 0 Å². The maximum Gasteiger partial charge on any atom is 0.140 e. The van der Waals surface area contributed by atoms with Gasteiger partial charge in [0.25, 0.3) is 0 Å². The van der Waals surface area contributed by atoms with Gasteiger partial charge in [0.2, 0.25) is 0 Å². The van der Waals surface area contributed by atoms with Gasteiger partial charge in [0.05, 0.1) is 11.8 Å². The predicted molar refractivity (Wildman–Crippen MR) is 143 cm³/mol. The average molecular weight is 484 g/mol. The van der Waals surface area contributed by atoms with Gasteiger partial charge >= 0.3 is 0 Å². The summed E-state index contributed by atoms with van der Waals surface area (Å²) in [5, 5.41) is 14.3. The summed E-state index contributed by atoms with van der Waals surface area (Å²) in [5.74, 6) is 1.23. The van der Waals surface area contributed by atoms with E-state index in [1.54, 1.807) is 6.33 Å². The largest absolute Gasteiger partial charge is 0.387 e. The molecule has 6 heteroatoms. The quantitative estimate of drug-likeness (QED) is 0.525. The molecule has 36 heavy (non-hydrogen) atoms. The molecule has 2 aromatic carbocycles. The number of anilines is 2. The van der Waals surface area contributed by atoms with Gasteiger partial charge in [-0.2, -0.15) is 0 Å². The maximum atomic E-state index is 10.6. The van der Waals surface area contributed by atoms with E-state index >= 15 is 0 Å². The number of nitrogens with one attached hydrogen (secondary N) is 1. The molecule has 188 valence electrons. The normalized spacial score (nSPS) is 25.2. The van der Waals surface area contributed by atoms with E-state index in [2.05, 4.69) is 89.4 Å². The van der Waals surface area contributed by atoms with Crippen LogP contribution in [-0.4, -0.2) is 45.7 Å². The molecule has 0 bridgehead atoms. The van der Waals surface area contributed by atoms with Crippen molar-refractivity contribution < 1.29 is 5.11 Å². The smallest absolute Gasteiger partial charge is 0.140 e. The lowest BCUT2D eigenvalue weighted by Gasteiger charge is -2.28. The van der Waals surface area contributed by atoms with Gasteiger partial charge < -0.3 is 15.3 Å². The van der Waals surface area contributed by atoms with Crippen LogP contribution < -0.4 is 10.2 Å². The van der Waals surface area contributed by atoms with Gasteiger partial charge in [0, 0.05) is 48.9 Å². The molecule has 3 aliphatic rings. The van der Waals surface area contributed by atoms with Crippen molar-refractivity contribution in [2.24, 2.45) is 0 Å². The van der Waals surface area contributed by atoms with E-state index in [4.69, 9.17) is 4.98 Å². The van der Waals surface area contributed by atoms with Crippen LogP contribution in [0.4, 0.5) is 11.5 Å². The Balaban J connectivity index is 1.41. The number of aliphatic hydroxyl groups excluding tert-OH is 1. The molecule has 0 saturated carbocycles. The van der Waals surface area contributed by atoms with E-state index in [9.17, 15) is 5.11 Å². The summed E-state index contributed by atoms with van der Waals surface area (Å²) in [6, 6.07) is 18.0. The zero-order chi connectivity index (χ0) is 24.9. The highest BCUT2D eigenvalue weighted by Crippen LogP contribution is 2.53. The summed E-state index contributed by atoms with van der Waals surface area (Å²) in [4.78, 5) is 14.4. The first kappa shape index (κ1) is 23.6. The van der Waals surface area contributed by atoms with Crippen molar-refractivity contribution >= 4 is 11.5 Å². The van der Waals surface area contributed by atoms with Gasteiger partial charge in [-0.25, -0.2) is 9.97 Å². The molecular weight excluding hydrogens is 446 g/mol. The van der Waals surface area contributed by atoms with Crippen LogP contribution in [0.1, 0.15) is 73.6 Å². The molecule has 3 heterocycles. The predicted octanol–water partition coefficient (Wildman–Crippen LogP) is 4.81. The van der Waals surface area contributed by atoms with Crippen molar-refractivity contribution in [3.63, 3.8) is 0 Å². The van der Waals surface area contributed by atoms with Crippen LogP contribution in [0.2, 0.25) is 0 Å². The molecule has 0 amide bonds. The Hall–Kier alpha value is -2.80. The van der Waals surface area contributed by atoms with E-state index in [1.165, 1.54) is 22.4 Å². The lowest BCUT2D eigenvalue weighted by Crippen LogP contribution is -2.36. The summed E-state index contributed by atoms with van der Waals surface area (Å²) in [7, 11) is 0. The van der Waals surface area contributed by atoms with E-state index in [-0.39, 0.29) is 11.3 Å². The molecule has 3 aromatic rings. The van der Waals surface area contributed by atoms with Gasteiger partial charge in [0.15, 0.2) is 0 Å². The third kappa shape index (κ3) is 4.01. The Morgan fingerprint density at radius 3 is 2.72 bits per heavy atom. The molecule has 3 atom stereocenters. The zero-order valence-electron chi connectivity index (χ0n) is 21.6. The van der Waals surface area contributed by atoms with Crippen molar-refractivity contribution in [1.82, 2.24) is 20.2 Å². The number of hydrogen-bond donors (Lipinski definition) is 2. The molecule has 6 rings (SSSR count). The molecular formula is C30H37N5O. The van der Waals surface area contributed by atoms with E-state index in [1.807, 2.05) is 0 Å². The molecule has 0 unspecified atom stereocenters. The second kappa shape index (κ2) is 9.25. The van der Waals surface area contributed by atoms with Gasteiger partial charge in [-0.05, 0) is 48.1 Å². The van der Waals surface area contributed by atoms with Gasteiger partial charge in [-0.3, -0.25) is 4.90 Å². The Bertz CT molecular complexity index is 1250. The van der Waals surface area contributed by atoms with Crippen molar-refractivity contribution in [3.8, 4) is 0 Å². The minimum Gasteiger partial charge on any atom is -0.387 e. The SMILES string of the molecule is CC(C)NCc1cccc2c1[C@]1(CCN(Cc3ccccc3)C1)CN2c1ncnc2c1[C@H](C)C[C@H]2O. The van der Waals surface area contributed by atoms with Gasteiger partial charge in [0.1, 0.15) is 12.1 Å². The summed E-state index contributed by atoms with van der Waals surface area (Å²) < 4.78 is 0. The molecule has 1 aliphatic carbocycles. The fraction of sp³-hybridized carbons (Fsp3) is 0.467. The van der Waals surface area contributed by atoms with Crippen LogP contribution in [0.15, 0.2) is 54.9 Å². The van der Waals surface area contributed by atoms with Crippen LogP contribution >= 0.6 is 0 Å². The highest BCUT2D eigenvalue weighted by atomic mass is 16.3. The third-order valence-electron chi connectivity index (χ3n) is 8.33. The molecule has 1 fully saturated rings. The van der Waals surface area contributed by atoms with Crippen molar-refractivity contribution in [3.05, 3.63) is 82.8 Å². The number of aromatic nitrogens is 2. The lowest BCUT2D eigenvalue weighted by molar-refractivity contribution is 0.170. The van der Waals surface area contributed by atoms with Gasteiger partial charge in [-0.1, -0.05) is 63.2 Å². The number of likely N-dealkylation sites (tertiary alicyclic amines) is 1. The number of aliphatic hydroxyl groups is 1. The number of benzene rings is 2. The first-order chi connectivity index (χ1) is 17.4. The standard InChI is InChI=1S/C30H37N5O/c1-20(2)31-15-23-10-7-11-24-27(23)30(12-13-34(17-30)16-22-8-5-4-6-9-22)18-35(24)29-26-21(3)14-25(36)28(26)32-19-33-29/h4-11,19-21,25,31,36H,12-18H2,1-3H3/t21-,25-,30+/m1/s1. The molecule has 2 aliphatic heterocycles. The molecule has 6 nitrogen and oxygen atoms in total. The summed E-state index contributed by atoms with van der Waals surface area (Å²) >= 11 is 0. The third-order valence-corrected chi connectivity index (χ3v) is 8.33. The van der Waals surface area contributed by atoms with Gasteiger partial charge in [-0.15, -0.1) is 0 Å². The van der Waals surface area contributed by atoms with E-state index < -0.39 is 6.10 Å². The highest BCUT2D eigenvalue weighted by molar-refractivity contribution is 5.75. The number of hydrogen-bond acceptors (Lipinski definition) is 6. The minimum atomic E-state index is -0.498. The maximum absolute atomic E-state index is 10.6. The molecule has 1 spiro atoms. The van der Waals surface area contributed by atoms with Crippen molar-refractivity contribution in [1.29, 1.82) is 0 Å². The van der Waals surface area contributed by atoms with E-state index in [0.29, 0.717) is 6.04 Å². The molecule has 1 saturated heterocycles. The van der Waals surface area contributed by atoms with Crippen LogP contribution in [0.3, 0.4) is 0 Å².